The van der Waals surface area contributed by atoms with Gasteiger partial charge in [-0.05, 0) is 154 Å². The van der Waals surface area contributed by atoms with E-state index in [0.717, 1.165) is 112 Å². The number of nitrogens with zero attached hydrogens (tertiary/aromatic N) is 6. The van der Waals surface area contributed by atoms with Crippen molar-refractivity contribution in [3.63, 3.8) is 0 Å². The predicted molar refractivity (Wildman–Crippen MR) is 443 cm³/mol. The molecule has 24 nitrogen and oxygen atoms in total. The van der Waals surface area contributed by atoms with E-state index in [1.54, 1.807) is 36.4 Å². The van der Waals surface area contributed by atoms with Gasteiger partial charge in [-0.3, -0.25) is 13.7 Å². The molecule has 0 saturated carbocycles. The van der Waals surface area contributed by atoms with Gasteiger partial charge in [0.25, 0.3) is 30.4 Å². The van der Waals surface area contributed by atoms with E-state index in [0.29, 0.717) is 67.0 Å². The van der Waals surface area contributed by atoms with Crippen LogP contribution in [0, 0.1) is 0 Å². The Morgan fingerprint density at radius 3 is 0.661 bits per heavy atom. The summed E-state index contributed by atoms with van der Waals surface area (Å²) in [7, 11) is -8.40. The lowest BCUT2D eigenvalue weighted by Crippen LogP contribution is -3.00. The number of halogens is 2. The topological polar surface area (TPSA) is 347 Å². The first-order chi connectivity index (χ1) is 55.7. The Hall–Kier alpha value is -13.4. The summed E-state index contributed by atoms with van der Waals surface area (Å²) in [6.45, 7) is 0. The molecule has 9 N–H and O–H groups in total. The molecule has 0 fully saturated rings. The standard InChI is InChI=1S/C44H37N8.C44H30N4O9S3.2ClH.O3S/c1-49-21-13-29(14-22-49)41-33-5-7-35(45-33)42(30-15-23-50(2)24-16-30)37-9-11-39(47-37)44(32-19-27-52(4)28-20-32)40-12-10-38(48-40)43(36-8-6-34(41)46-36)31-17-25-51(3)26-18-31;49-58(50,51)30-12-6-27(7-13-30)42-35-20-18-33(45-35)41(26-4-2-1-3-5-26)34-19-21-36(46-34)43(28-8-14-31(15-9-28)59(52,53)54)38-23-25-40(48-38)44(39-24-22-37(42)47-39)29-10-16-32(17-11-29)60(55,56)57;;;1-4(2)3/h5-28H,1-4H3,(H,45,46,47,48);1-25,45,48H,(H,49,50,51)(H,52,53,54)(H,55,56,57);2*1H;/q+3;;;;/p+1. The second-order valence-electron chi connectivity index (χ2n) is 27.7. The van der Waals surface area contributed by atoms with Crippen molar-refractivity contribution in [1.29, 1.82) is 0 Å². The fourth-order valence-electron chi connectivity index (χ4n) is 14.6. The van der Waals surface area contributed by atoms with E-state index >= 15 is 0 Å². The van der Waals surface area contributed by atoms with Gasteiger partial charge >= 0.3 is 10.6 Å². The number of hydrogen-bond acceptors (Lipinski definition) is 11. The van der Waals surface area contributed by atoms with Gasteiger partial charge in [-0.25, -0.2) is 38.2 Å². The number of hydrogen-bond donors (Lipinski definition) is 7. The Balaban J connectivity index is 0.000000184. The molecule has 4 aliphatic heterocycles. The van der Waals surface area contributed by atoms with Crippen molar-refractivity contribution in [3.05, 3.63) is 295 Å². The van der Waals surface area contributed by atoms with E-state index in [2.05, 4.69) is 177 Å². The molecule has 14 aromatic rings. The number of aromatic nitrogens is 12. The molecule has 0 atom stereocenters. The number of H-pyrrole nitrogens is 6. The lowest BCUT2D eigenvalue weighted by atomic mass is 10.0. The van der Waals surface area contributed by atoms with Gasteiger partial charge in [0, 0.05) is 117 Å². The van der Waals surface area contributed by atoms with Crippen molar-refractivity contribution in [2.24, 2.45) is 28.2 Å². The summed E-state index contributed by atoms with van der Waals surface area (Å²) >= 11 is 0. The van der Waals surface area contributed by atoms with Crippen LogP contribution in [0.2, 0.25) is 0 Å². The van der Waals surface area contributed by atoms with Crippen LogP contribution in [0.25, 0.3) is 182 Å². The van der Waals surface area contributed by atoms with E-state index in [-0.39, 0.29) is 39.5 Å². The molecule has 10 aromatic heterocycles. The van der Waals surface area contributed by atoms with Gasteiger partial charge in [0.2, 0.25) is 22.8 Å². The second kappa shape index (κ2) is 33.1. The summed E-state index contributed by atoms with van der Waals surface area (Å²) in [5, 5.41) is 0. The Morgan fingerprint density at radius 1 is 0.271 bits per heavy atom. The summed E-state index contributed by atoms with van der Waals surface area (Å²) < 4.78 is 135. The minimum atomic E-state index is -4.49. The number of pyridine rings is 4. The van der Waals surface area contributed by atoms with Gasteiger partial charge in [0.15, 0.2) is 49.6 Å². The van der Waals surface area contributed by atoms with Crippen LogP contribution in [0.1, 0.15) is 45.6 Å². The molecule has 0 unspecified atom stereocenters. The largest absolute Gasteiger partial charge is 1.00 e. The Bertz CT molecular complexity index is 6900. The van der Waals surface area contributed by atoms with E-state index < -0.39 is 41.0 Å². The molecule has 118 heavy (non-hydrogen) atoms. The molecule has 16 bridgehead atoms. The number of aryl methyl sites for hydroxylation is 4. The molecule has 588 valence electrons. The zero-order valence-corrected chi connectivity index (χ0v) is 67.7. The Kier molecular flexibility index (Phi) is 22.8. The van der Waals surface area contributed by atoms with Crippen LogP contribution >= 0.6 is 0 Å². The Morgan fingerprint density at radius 2 is 0.458 bits per heavy atom. The molecule has 30 heteroatoms. The average Bonchev–Trinajstić information content (AvgIpc) is 1.61. The first-order valence-electron chi connectivity index (χ1n) is 36.0. The first-order valence-corrected chi connectivity index (χ1v) is 41.4. The maximum absolute atomic E-state index is 12.0. The molecule has 0 aliphatic carbocycles. The van der Waals surface area contributed by atoms with Crippen LogP contribution < -0.4 is 53.1 Å². The highest BCUT2D eigenvalue weighted by Gasteiger charge is 2.28. The third kappa shape index (κ3) is 16.9. The molecule has 14 heterocycles. The highest BCUT2D eigenvalue weighted by molar-refractivity contribution is 7.86. The van der Waals surface area contributed by atoms with Crippen LogP contribution in [-0.2, 0) is 69.2 Å². The number of benzene rings is 4. The lowest BCUT2D eigenvalue weighted by molar-refractivity contribution is -0.671. The molecule has 4 aromatic carbocycles. The minimum Gasteiger partial charge on any atom is -1.00 e. The van der Waals surface area contributed by atoms with Crippen molar-refractivity contribution < 1.29 is 105 Å². The Labute approximate surface area is 690 Å². The van der Waals surface area contributed by atoms with Crippen molar-refractivity contribution in [2.75, 3.05) is 0 Å². The van der Waals surface area contributed by atoms with Crippen LogP contribution in [0.4, 0.5) is 0 Å². The van der Waals surface area contributed by atoms with Crippen LogP contribution in [0.3, 0.4) is 0 Å². The maximum atomic E-state index is 12.0. The fraction of sp³-hybridized carbons (Fsp3) is 0.0455. The van der Waals surface area contributed by atoms with Gasteiger partial charge in [0.1, 0.15) is 28.2 Å². The third-order valence-electron chi connectivity index (χ3n) is 20.1. The third-order valence-corrected chi connectivity index (χ3v) is 22.7. The monoisotopic (exact) mass is 1680 g/mol. The van der Waals surface area contributed by atoms with Crippen molar-refractivity contribution >= 4 is 134 Å². The number of nitrogens with one attached hydrogen (secondary N) is 6. The smallest absolute Gasteiger partial charge is 0.425 e. The van der Waals surface area contributed by atoms with E-state index in [4.69, 9.17) is 22.6 Å². The minimum absolute atomic E-state index is 0. The fourth-order valence-corrected chi connectivity index (χ4v) is 16.1. The van der Waals surface area contributed by atoms with E-state index in [9.17, 15) is 38.9 Å². The summed E-state index contributed by atoms with van der Waals surface area (Å²) in [5.41, 5.74) is 26.6. The van der Waals surface area contributed by atoms with Crippen LogP contribution in [0.15, 0.2) is 264 Å². The molecule has 0 spiro atoms. The lowest BCUT2D eigenvalue weighted by Gasteiger charge is -2.06. The number of fused-ring (bicyclic) bond motifs is 16. The van der Waals surface area contributed by atoms with Gasteiger partial charge in [-0.2, -0.15) is 25.3 Å². The summed E-state index contributed by atoms with van der Waals surface area (Å²) in [6, 6.07) is 60.6. The second-order valence-corrected chi connectivity index (χ2v) is 32.4. The normalized spacial score (nSPS) is 12.1. The summed E-state index contributed by atoms with van der Waals surface area (Å²) in [4.78, 5) is 31.9. The molecular weight excluding hydrogens is 1620 g/mol. The van der Waals surface area contributed by atoms with Crippen molar-refractivity contribution in [3.8, 4) is 89.0 Å². The highest BCUT2D eigenvalue weighted by Crippen LogP contribution is 2.41. The van der Waals surface area contributed by atoms with Crippen molar-refractivity contribution in [2.45, 2.75) is 14.7 Å². The van der Waals surface area contributed by atoms with E-state index in [1.807, 2.05) is 125 Å². The zero-order valence-electron chi connectivity index (χ0n) is 62.9. The maximum Gasteiger partial charge on any atom is 0.425 e. The zero-order chi connectivity index (χ0) is 80.9. The van der Waals surface area contributed by atoms with Gasteiger partial charge in [-0.1, -0.05) is 66.7 Å². The SMILES string of the molecule is C[n+]1ccc(-c2c3nc(c(-c4cc[n+](C)cc4)c4ccc([nH]4)c(-c4cc[n+](C)cc4)c4nc(c(-c5cc[n+](C)cc5)c5ccc2[nH]5)C=C4)C=C3)cc1.O=S(=O)(O)c1ccc(-c2c3[nH+]c(c(-c4ccc(S(=O)(=O)O)cc4)c4ccc([nH]4)c(-c4ccc(S(=O)(=O)O)cc4)c4[nH+]c(c(-c5ccccc5)c5ccc2[nH]5)C=C4)C=C3)cc1.O=S(=O)=O.[Cl-].[Cl-]. The molecule has 18 rings (SSSR count). The quantitative estimate of drug-likeness (QED) is 0.0486. The van der Waals surface area contributed by atoms with Crippen LogP contribution in [-0.4, -0.2) is 81.4 Å². The van der Waals surface area contributed by atoms with Gasteiger partial charge in [-0.15, -0.1) is 12.6 Å². The molecule has 0 saturated heterocycles. The highest BCUT2D eigenvalue weighted by atomic mass is 35.5. The molecular formula is C88H70Cl2N12O12S4+4. The first kappa shape index (κ1) is 81.2. The van der Waals surface area contributed by atoms with Crippen molar-refractivity contribution in [1.82, 2.24) is 29.9 Å². The average molecular weight is 1690 g/mol. The van der Waals surface area contributed by atoms with Gasteiger partial charge < -0.3 is 44.7 Å². The number of rotatable bonds is 11. The molecule has 0 amide bonds. The molecule has 0 radical (unpaired) electrons. The van der Waals surface area contributed by atoms with Gasteiger partial charge in [0.05, 0.1) is 81.8 Å². The summed E-state index contributed by atoms with van der Waals surface area (Å²) in [5.74, 6) is 0. The summed E-state index contributed by atoms with van der Waals surface area (Å²) in [6.07, 6.45) is 32.7. The molecule has 4 aliphatic rings. The predicted octanol–water partition coefficient (Wildman–Crippen LogP) is 7.53. The van der Waals surface area contributed by atoms with E-state index in [1.165, 1.54) is 36.4 Å². The van der Waals surface area contributed by atoms with Crippen LogP contribution in [0.5, 0.6) is 0 Å². The number of aromatic amines is 6.